The lowest BCUT2D eigenvalue weighted by molar-refractivity contribution is -0.161. The lowest BCUT2D eigenvalue weighted by Crippen LogP contribution is -2.42. The predicted molar refractivity (Wildman–Crippen MR) is 118 cm³/mol. The van der Waals surface area contributed by atoms with E-state index in [1.807, 2.05) is 51.1 Å². The van der Waals surface area contributed by atoms with Crippen molar-refractivity contribution in [2.24, 2.45) is 4.99 Å². The summed E-state index contributed by atoms with van der Waals surface area (Å²) < 4.78 is 5.82. The van der Waals surface area contributed by atoms with Crippen molar-refractivity contribution in [2.75, 3.05) is 0 Å². The second kappa shape index (κ2) is 7.47. The molecule has 0 N–H and O–H groups in total. The summed E-state index contributed by atoms with van der Waals surface area (Å²) in [6.07, 6.45) is 1.99. The maximum Gasteiger partial charge on any atom is 0.334 e. The Morgan fingerprint density at radius 2 is 1.66 bits per heavy atom. The second-order valence-corrected chi connectivity index (χ2v) is 8.82. The van der Waals surface area contributed by atoms with Gasteiger partial charge in [0.25, 0.3) is 0 Å². The first-order valence-electron chi connectivity index (χ1n) is 10.2. The van der Waals surface area contributed by atoms with Crippen LogP contribution in [0.1, 0.15) is 44.7 Å². The highest BCUT2D eigenvalue weighted by atomic mass is 16.6. The third-order valence-corrected chi connectivity index (χ3v) is 5.32. The maximum absolute atomic E-state index is 13.3. The first kappa shape index (κ1) is 19.4. The molecule has 0 aliphatic carbocycles. The van der Waals surface area contributed by atoms with Gasteiger partial charge in [0.05, 0.1) is 0 Å². The van der Waals surface area contributed by atoms with Gasteiger partial charge in [0.1, 0.15) is 5.60 Å². The third kappa shape index (κ3) is 4.24. The minimum atomic E-state index is -0.874. The zero-order valence-corrected chi connectivity index (χ0v) is 17.3. The molecule has 0 saturated carbocycles. The van der Waals surface area contributed by atoms with Crippen molar-refractivity contribution in [3.8, 4) is 0 Å². The SMILES string of the molecule is CC(C)(C)OC(=O)[C@]1(Cc2ccc3ccccc3c2)CCC(c2ccccc2)=N1. The normalized spacial score (nSPS) is 19.2. The molecule has 0 saturated heterocycles. The van der Waals surface area contributed by atoms with Crippen LogP contribution in [0, 0.1) is 0 Å². The molecule has 0 unspecified atom stereocenters. The lowest BCUT2D eigenvalue weighted by Gasteiger charge is -2.29. The van der Waals surface area contributed by atoms with Gasteiger partial charge in [-0.1, -0.05) is 72.8 Å². The number of carbonyl (C=O) groups excluding carboxylic acids is 1. The number of rotatable bonds is 4. The topological polar surface area (TPSA) is 38.7 Å². The Morgan fingerprint density at radius 3 is 2.38 bits per heavy atom. The number of nitrogens with zero attached hydrogens (tertiary/aromatic N) is 1. The summed E-state index contributed by atoms with van der Waals surface area (Å²) in [7, 11) is 0. The van der Waals surface area contributed by atoms with Crippen molar-refractivity contribution in [3.63, 3.8) is 0 Å². The van der Waals surface area contributed by atoms with Crippen LogP contribution in [0.25, 0.3) is 10.8 Å². The van der Waals surface area contributed by atoms with Gasteiger partial charge in [-0.3, -0.25) is 4.99 Å². The monoisotopic (exact) mass is 385 g/mol. The van der Waals surface area contributed by atoms with Crippen molar-refractivity contribution >= 4 is 22.5 Å². The van der Waals surface area contributed by atoms with Crippen LogP contribution in [-0.4, -0.2) is 22.8 Å². The van der Waals surface area contributed by atoms with Gasteiger partial charge in [0.2, 0.25) is 0 Å². The van der Waals surface area contributed by atoms with E-state index in [2.05, 4.69) is 42.5 Å². The molecule has 1 aliphatic rings. The summed E-state index contributed by atoms with van der Waals surface area (Å²) in [5.41, 5.74) is 1.75. The van der Waals surface area contributed by atoms with Gasteiger partial charge in [-0.25, -0.2) is 4.79 Å². The fourth-order valence-corrected chi connectivity index (χ4v) is 3.94. The number of hydrogen-bond donors (Lipinski definition) is 0. The van der Waals surface area contributed by atoms with E-state index in [4.69, 9.17) is 9.73 Å². The van der Waals surface area contributed by atoms with Crippen molar-refractivity contribution in [2.45, 2.75) is 51.2 Å². The number of carbonyl (C=O) groups is 1. The predicted octanol–water partition coefficient (Wildman–Crippen LogP) is 5.75. The Hall–Kier alpha value is -2.94. The number of ether oxygens (including phenoxy) is 1. The van der Waals surface area contributed by atoms with Crippen LogP contribution in [0.5, 0.6) is 0 Å². The molecule has 1 heterocycles. The highest BCUT2D eigenvalue weighted by Gasteiger charge is 2.45. The molecule has 0 spiro atoms. The fraction of sp³-hybridized carbons (Fsp3) is 0.308. The number of aliphatic imine (C=N–C) groups is 1. The highest BCUT2D eigenvalue weighted by Crippen LogP contribution is 2.35. The summed E-state index contributed by atoms with van der Waals surface area (Å²) in [4.78, 5) is 18.3. The smallest absolute Gasteiger partial charge is 0.334 e. The minimum absolute atomic E-state index is 0.232. The molecule has 1 aliphatic heterocycles. The van der Waals surface area contributed by atoms with Crippen LogP contribution in [-0.2, 0) is 16.0 Å². The molecule has 0 amide bonds. The lowest BCUT2D eigenvalue weighted by atomic mass is 9.87. The Balaban J connectivity index is 1.72. The standard InChI is InChI=1S/C26H27NO2/c1-25(2,3)29-24(28)26(16-15-23(27-26)21-10-5-4-6-11-21)18-19-13-14-20-9-7-8-12-22(20)17-19/h4-14,17H,15-16,18H2,1-3H3/t26-/m1/s1. The first-order valence-corrected chi connectivity index (χ1v) is 10.2. The molecule has 3 aromatic carbocycles. The summed E-state index contributed by atoms with van der Waals surface area (Å²) >= 11 is 0. The van der Waals surface area contributed by atoms with Crippen LogP contribution in [0.2, 0.25) is 0 Å². The maximum atomic E-state index is 13.3. The molecular weight excluding hydrogens is 358 g/mol. The molecule has 4 rings (SSSR count). The van der Waals surface area contributed by atoms with Gasteiger partial charge in [0, 0.05) is 12.1 Å². The summed E-state index contributed by atoms with van der Waals surface area (Å²) in [6.45, 7) is 5.72. The molecule has 0 radical (unpaired) electrons. The number of hydrogen-bond acceptors (Lipinski definition) is 3. The molecule has 0 aromatic heterocycles. The van der Waals surface area contributed by atoms with E-state index in [-0.39, 0.29) is 5.97 Å². The van der Waals surface area contributed by atoms with Crippen LogP contribution >= 0.6 is 0 Å². The van der Waals surface area contributed by atoms with Crippen LogP contribution in [0.15, 0.2) is 77.8 Å². The molecule has 0 fully saturated rings. The van der Waals surface area contributed by atoms with Crippen LogP contribution in [0.3, 0.4) is 0 Å². The van der Waals surface area contributed by atoms with E-state index in [0.717, 1.165) is 23.3 Å². The quantitative estimate of drug-likeness (QED) is 0.537. The van der Waals surface area contributed by atoms with Crippen molar-refractivity contribution in [1.29, 1.82) is 0 Å². The third-order valence-electron chi connectivity index (χ3n) is 5.32. The van der Waals surface area contributed by atoms with Crippen LogP contribution in [0.4, 0.5) is 0 Å². The molecule has 3 aromatic rings. The first-order chi connectivity index (χ1) is 13.8. The van der Waals surface area contributed by atoms with Gasteiger partial charge in [-0.2, -0.15) is 0 Å². The van der Waals surface area contributed by atoms with Gasteiger partial charge >= 0.3 is 5.97 Å². The number of benzene rings is 3. The second-order valence-electron chi connectivity index (χ2n) is 8.82. The zero-order chi connectivity index (χ0) is 20.5. The van der Waals surface area contributed by atoms with E-state index in [1.54, 1.807) is 0 Å². The van der Waals surface area contributed by atoms with E-state index < -0.39 is 11.1 Å². The zero-order valence-electron chi connectivity index (χ0n) is 17.3. The fourth-order valence-electron chi connectivity index (χ4n) is 3.94. The Labute approximate surface area is 172 Å². The van der Waals surface area contributed by atoms with E-state index >= 15 is 0 Å². The largest absolute Gasteiger partial charge is 0.458 e. The minimum Gasteiger partial charge on any atom is -0.458 e. The van der Waals surface area contributed by atoms with E-state index in [9.17, 15) is 4.79 Å². The number of esters is 1. The van der Waals surface area contributed by atoms with E-state index in [0.29, 0.717) is 12.8 Å². The Morgan fingerprint density at radius 1 is 0.966 bits per heavy atom. The molecule has 1 atom stereocenters. The van der Waals surface area contributed by atoms with Crippen LogP contribution < -0.4 is 0 Å². The van der Waals surface area contributed by atoms with Crippen molar-refractivity contribution in [3.05, 3.63) is 83.9 Å². The molecular formula is C26H27NO2. The van der Waals surface area contributed by atoms with Crippen molar-refractivity contribution in [1.82, 2.24) is 0 Å². The average Bonchev–Trinajstić information content (AvgIpc) is 3.13. The highest BCUT2D eigenvalue weighted by molar-refractivity contribution is 6.04. The van der Waals surface area contributed by atoms with Gasteiger partial charge in [-0.15, -0.1) is 0 Å². The molecule has 148 valence electrons. The van der Waals surface area contributed by atoms with Gasteiger partial charge in [-0.05, 0) is 55.5 Å². The summed E-state index contributed by atoms with van der Waals surface area (Å²) in [5, 5.41) is 2.37. The summed E-state index contributed by atoms with van der Waals surface area (Å²) in [5.74, 6) is -0.232. The molecule has 0 bridgehead atoms. The Kier molecular flexibility index (Phi) is 4.99. The molecule has 3 heteroatoms. The van der Waals surface area contributed by atoms with Gasteiger partial charge < -0.3 is 4.74 Å². The van der Waals surface area contributed by atoms with Crippen molar-refractivity contribution < 1.29 is 9.53 Å². The van der Waals surface area contributed by atoms with E-state index in [1.165, 1.54) is 10.8 Å². The molecule has 3 nitrogen and oxygen atoms in total. The average molecular weight is 386 g/mol. The summed E-state index contributed by atoms with van der Waals surface area (Å²) in [6, 6.07) is 24.8. The number of fused-ring (bicyclic) bond motifs is 1. The van der Waals surface area contributed by atoms with Gasteiger partial charge in [0.15, 0.2) is 5.54 Å². The Bertz CT molecular complexity index is 1060. The molecule has 29 heavy (non-hydrogen) atoms.